The molecule has 1 aliphatic rings. The minimum Gasteiger partial charge on any atom is -0.350 e. The average Bonchev–Trinajstić information content (AvgIpc) is 2.99. The van der Waals surface area contributed by atoms with Crippen molar-refractivity contribution in [2.75, 3.05) is 15.5 Å². The molecule has 0 saturated carbocycles. The van der Waals surface area contributed by atoms with Crippen LogP contribution in [0.5, 0.6) is 0 Å². The second-order valence-electron chi connectivity index (χ2n) is 7.59. The average molecular weight is 464 g/mol. The summed E-state index contributed by atoms with van der Waals surface area (Å²) in [5.41, 5.74) is 3.29. The standard InChI is InChI=1S/C25H19ClFN3O3/c1-14-6-11-20(15(2)12-14)30-24(32)21(26)22(25(30)33)28-19-5-3-4-16(13-19)23(31)29-18-9-7-17(27)8-10-18/h3-13,28H,1-2H3,(H,29,31). The van der Waals surface area contributed by atoms with Crippen LogP contribution in [0, 0.1) is 19.7 Å². The van der Waals surface area contributed by atoms with E-state index in [1.165, 1.54) is 30.3 Å². The van der Waals surface area contributed by atoms with Gasteiger partial charge in [-0.2, -0.15) is 0 Å². The molecule has 0 unspecified atom stereocenters. The summed E-state index contributed by atoms with van der Waals surface area (Å²) in [5.74, 6) is -2.04. The number of imide groups is 1. The van der Waals surface area contributed by atoms with Crippen LogP contribution in [0.2, 0.25) is 0 Å². The molecule has 3 aromatic rings. The number of aryl methyl sites for hydroxylation is 2. The quantitative estimate of drug-likeness (QED) is 0.514. The van der Waals surface area contributed by atoms with Crippen molar-refractivity contribution < 1.29 is 18.8 Å². The maximum atomic E-state index is 13.1. The zero-order valence-electron chi connectivity index (χ0n) is 17.8. The number of rotatable bonds is 5. The van der Waals surface area contributed by atoms with Gasteiger partial charge in [-0.3, -0.25) is 14.4 Å². The monoisotopic (exact) mass is 463 g/mol. The van der Waals surface area contributed by atoms with Crippen molar-refractivity contribution in [2.45, 2.75) is 13.8 Å². The normalized spacial score (nSPS) is 13.5. The summed E-state index contributed by atoms with van der Waals surface area (Å²) in [7, 11) is 0. The highest BCUT2D eigenvalue weighted by atomic mass is 35.5. The van der Waals surface area contributed by atoms with E-state index in [-0.39, 0.29) is 10.7 Å². The number of hydrogen-bond donors (Lipinski definition) is 2. The number of halogens is 2. The maximum absolute atomic E-state index is 13.1. The van der Waals surface area contributed by atoms with Crippen LogP contribution in [0.1, 0.15) is 21.5 Å². The number of amides is 3. The van der Waals surface area contributed by atoms with E-state index in [9.17, 15) is 18.8 Å². The van der Waals surface area contributed by atoms with Crippen LogP contribution in [0.4, 0.5) is 21.5 Å². The number of carbonyl (C=O) groups is 3. The lowest BCUT2D eigenvalue weighted by Gasteiger charge is -2.18. The van der Waals surface area contributed by atoms with Crippen LogP contribution >= 0.6 is 11.6 Å². The first-order chi connectivity index (χ1) is 15.7. The Morgan fingerprint density at radius 2 is 1.64 bits per heavy atom. The molecular formula is C25H19ClFN3O3. The molecule has 3 aromatic carbocycles. The molecule has 0 saturated heterocycles. The van der Waals surface area contributed by atoms with Crippen LogP contribution in [-0.2, 0) is 9.59 Å². The van der Waals surface area contributed by atoms with Crippen LogP contribution in [0.3, 0.4) is 0 Å². The third-order valence-electron chi connectivity index (χ3n) is 5.12. The van der Waals surface area contributed by atoms with Crippen LogP contribution in [0.15, 0.2) is 77.5 Å². The van der Waals surface area contributed by atoms with E-state index in [1.54, 1.807) is 24.3 Å². The summed E-state index contributed by atoms with van der Waals surface area (Å²) in [6.07, 6.45) is 0. The number of hydrogen-bond acceptors (Lipinski definition) is 4. The minimum absolute atomic E-state index is 0.0715. The first-order valence-corrected chi connectivity index (χ1v) is 10.4. The summed E-state index contributed by atoms with van der Waals surface area (Å²) < 4.78 is 13.1. The molecule has 0 aliphatic carbocycles. The molecule has 0 radical (unpaired) electrons. The molecule has 2 N–H and O–H groups in total. The second kappa shape index (κ2) is 8.88. The molecular weight excluding hydrogens is 445 g/mol. The summed E-state index contributed by atoms with van der Waals surface area (Å²) in [6.45, 7) is 3.73. The lowest BCUT2D eigenvalue weighted by atomic mass is 10.1. The Labute approximate surface area is 194 Å². The maximum Gasteiger partial charge on any atom is 0.283 e. The van der Waals surface area contributed by atoms with Crippen LogP contribution in [0.25, 0.3) is 0 Å². The van der Waals surface area contributed by atoms with Gasteiger partial charge in [0.15, 0.2) is 0 Å². The van der Waals surface area contributed by atoms with E-state index >= 15 is 0 Å². The van der Waals surface area contributed by atoms with Crippen LogP contribution < -0.4 is 15.5 Å². The molecule has 8 heteroatoms. The smallest absolute Gasteiger partial charge is 0.283 e. The van der Waals surface area contributed by atoms with E-state index < -0.39 is 23.5 Å². The van der Waals surface area contributed by atoms with Gasteiger partial charge in [-0.25, -0.2) is 9.29 Å². The topological polar surface area (TPSA) is 78.5 Å². The van der Waals surface area contributed by atoms with Crippen molar-refractivity contribution in [3.05, 3.63) is 100.0 Å². The van der Waals surface area contributed by atoms with Crippen molar-refractivity contribution in [1.29, 1.82) is 0 Å². The number of nitrogens with zero attached hydrogens (tertiary/aromatic N) is 1. The molecule has 0 bridgehead atoms. The summed E-state index contributed by atoms with van der Waals surface area (Å²) in [6, 6.07) is 17.1. The number of anilines is 3. The Kier molecular flexibility index (Phi) is 5.98. The van der Waals surface area contributed by atoms with Gasteiger partial charge in [0.05, 0.1) is 5.69 Å². The van der Waals surface area contributed by atoms with Crippen molar-refractivity contribution >= 4 is 46.4 Å². The highest BCUT2D eigenvalue weighted by Crippen LogP contribution is 2.32. The lowest BCUT2D eigenvalue weighted by Crippen LogP contribution is -2.32. The Hall–Kier alpha value is -3.97. The third-order valence-corrected chi connectivity index (χ3v) is 5.47. The van der Waals surface area contributed by atoms with Crippen LogP contribution in [-0.4, -0.2) is 17.7 Å². The first-order valence-electron chi connectivity index (χ1n) is 10.0. The summed E-state index contributed by atoms with van der Waals surface area (Å²) in [5, 5.41) is 5.31. The van der Waals surface area contributed by atoms with Gasteiger partial charge < -0.3 is 10.6 Å². The molecule has 4 rings (SSSR count). The number of benzene rings is 3. The summed E-state index contributed by atoms with van der Waals surface area (Å²) >= 11 is 6.22. The highest BCUT2D eigenvalue weighted by Gasteiger charge is 2.39. The van der Waals surface area contributed by atoms with Gasteiger partial charge in [0.25, 0.3) is 17.7 Å². The van der Waals surface area contributed by atoms with Crippen molar-refractivity contribution in [3.8, 4) is 0 Å². The zero-order valence-corrected chi connectivity index (χ0v) is 18.5. The van der Waals surface area contributed by atoms with E-state index in [0.717, 1.165) is 16.0 Å². The molecule has 1 heterocycles. The molecule has 166 valence electrons. The van der Waals surface area contributed by atoms with Gasteiger partial charge in [0.1, 0.15) is 16.5 Å². The third kappa shape index (κ3) is 4.49. The van der Waals surface area contributed by atoms with E-state index in [2.05, 4.69) is 10.6 Å². The largest absolute Gasteiger partial charge is 0.350 e. The van der Waals surface area contributed by atoms with Crippen molar-refractivity contribution in [3.63, 3.8) is 0 Å². The fraction of sp³-hybridized carbons (Fsp3) is 0.0800. The van der Waals surface area contributed by atoms with Crippen molar-refractivity contribution in [2.24, 2.45) is 0 Å². The number of carbonyl (C=O) groups excluding carboxylic acids is 3. The molecule has 0 fully saturated rings. The van der Waals surface area contributed by atoms with Gasteiger partial charge in [0, 0.05) is 16.9 Å². The van der Waals surface area contributed by atoms with Gasteiger partial charge in [-0.1, -0.05) is 35.4 Å². The highest BCUT2D eigenvalue weighted by molar-refractivity contribution is 6.53. The predicted octanol–water partition coefficient (Wildman–Crippen LogP) is 5.13. The van der Waals surface area contributed by atoms with Crippen molar-refractivity contribution in [1.82, 2.24) is 0 Å². The first kappa shape index (κ1) is 22.2. The second-order valence-corrected chi connectivity index (χ2v) is 7.97. The van der Waals surface area contributed by atoms with Gasteiger partial charge in [-0.15, -0.1) is 0 Å². The molecule has 3 amide bonds. The Bertz CT molecular complexity index is 1320. The van der Waals surface area contributed by atoms with E-state index in [0.29, 0.717) is 22.6 Å². The fourth-order valence-electron chi connectivity index (χ4n) is 3.51. The van der Waals surface area contributed by atoms with Gasteiger partial charge in [-0.05, 0) is 67.9 Å². The fourth-order valence-corrected chi connectivity index (χ4v) is 3.72. The molecule has 0 spiro atoms. The summed E-state index contributed by atoms with van der Waals surface area (Å²) in [4.78, 5) is 39.4. The molecule has 33 heavy (non-hydrogen) atoms. The molecule has 1 aliphatic heterocycles. The Morgan fingerprint density at radius 3 is 2.33 bits per heavy atom. The predicted molar refractivity (Wildman–Crippen MR) is 126 cm³/mol. The molecule has 6 nitrogen and oxygen atoms in total. The van der Waals surface area contributed by atoms with E-state index in [1.807, 2.05) is 26.0 Å². The SMILES string of the molecule is Cc1ccc(N2C(=O)C(Cl)=C(Nc3cccc(C(=O)Nc4ccc(F)cc4)c3)C2=O)c(C)c1. The lowest BCUT2D eigenvalue weighted by molar-refractivity contribution is -0.120. The zero-order chi connectivity index (χ0) is 23.7. The van der Waals surface area contributed by atoms with Gasteiger partial charge in [0.2, 0.25) is 0 Å². The van der Waals surface area contributed by atoms with E-state index in [4.69, 9.17) is 11.6 Å². The number of nitrogens with one attached hydrogen (secondary N) is 2. The van der Waals surface area contributed by atoms with Gasteiger partial charge >= 0.3 is 0 Å². The minimum atomic E-state index is -0.624. The Balaban J connectivity index is 1.55. The Morgan fingerprint density at radius 1 is 0.909 bits per heavy atom. The molecule has 0 atom stereocenters. The molecule has 0 aromatic heterocycles.